The van der Waals surface area contributed by atoms with Crippen LogP contribution in [0, 0.1) is 6.92 Å². The van der Waals surface area contributed by atoms with E-state index < -0.39 is 0 Å². The summed E-state index contributed by atoms with van der Waals surface area (Å²) >= 11 is 0. The molecule has 1 aliphatic carbocycles. The number of rotatable bonds is 5. The van der Waals surface area contributed by atoms with Crippen molar-refractivity contribution in [3.8, 4) is 0 Å². The summed E-state index contributed by atoms with van der Waals surface area (Å²) in [6, 6.07) is 9.56. The third kappa shape index (κ3) is 4.68. The van der Waals surface area contributed by atoms with Gasteiger partial charge in [-0.05, 0) is 38.0 Å². The summed E-state index contributed by atoms with van der Waals surface area (Å²) in [7, 11) is 1.37. The summed E-state index contributed by atoms with van der Waals surface area (Å²) in [5.41, 5.74) is 1.28. The second-order valence-electron chi connectivity index (χ2n) is 6.36. The Kier molecular flexibility index (Phi) is 5.48. The Balaban J connectivity index is 1.75. The predicted molar refractivity (Wildman–Crippen MR) is 98.3 cm³/mol. The highest BCUT2D eigenvalue weighted by Crippen LogP contribution is 2.23. The molecule has 1 heterocycles. The molecule has 0 radical (unpaired) electrons. The van der Waals surface area contributed by atoms with Crippen LogP contribution in [0.5, 0.6) is 0 Å². The van der Waals surface area contributed by atoms with Crippen molar-refractivity contribution in [2.24, 2.45) is 0 Å². The van der Waals surface area contributed by atoms with Crippen LogP contribution in [0.25, 0.3) is 0 Å². The first-order chi connectivity index (χ1) is 12.1. The minimum atomic E-state index is -0.359. The highest BCUT2D eigenvalue weighted by atomic mass is 16.5. The van der Waals surface area contributed by atoms with Gasteiger partial charge in [-0.3, -0.25) is 0 Å². The summed E-state index contributed by atoms with van der Waals surface area (Å²) < 4.78 is 4.76. The van der Waals surface area contributed by atoms with Crippen molar-refractivity contribution >= 4 is 23.3 Å². The molecule has 0 saturated heterocycles. The van der Waals surface area contributed by atoms with E-state index >= 15 is 0 Å². The minimum absolute atomic E-state index is 0.359. The van der Waals surface area contributed by atoms with Crippen molar-refractivity contribution in [2.45, 2.75) is 45.1 Å². The first-order valence-corrected chi connectivity index (χ1v) is 8.71. The van der Waals surface area contributed by atoms with Crippen molar-refractivity contribution in [3.63, 3.8) is 0 Å². The van der Waals surface area contributed by atoms with Crippen LogP contribution in [0.1, 0.15) is 48.3 Å². The molecule has 1 aromatic heterocycles. The maximum Gasteiger partial charge on any atom is 0.337 e. The van der Waals surface area contributed by atoms with E-state index in [2.05, 4.69) is 20.6 Å². The molecule has 2 N–H and O–H groups in total. The van der Waals surface area contributed by atoms with Crippen molar-refractivity contribution in [3.05, 3.63) is 41.7 Å². The lowest BCUT2D eigenvalue weighted by Gasteiger charge is -2.23. The summed E-state index contributed by atoms with van der Waals surface area (Å²) in [6.07, 6.45) is 6.24. The Morgan fingerprint density at radius 1 is 1.12 bits per heavy atom. The number of ether oxygens (including phenoxy) is 1. The van der Waals surface area contributed by atoms with Gasteiger partial charge < -0.3 is 15.4 Å². The zero-order valence-electron chi connectivity index (χ0n) is 14.7. The minimum Gasteiger partial charge on any atom is -0.465 e. The van der Waals surface area contributed by atoms with Crippen molar-refractivity contribution < 1.29 is 9.53 Å². The summed E-state index contributed by atoms with van der Waals surface area (Å²) in [5, 5.41) is 6.76. The first-order valence-electron chi connectivity index (χ1n) is 8.71. The van der Waals surface area contributed by atoms with Gasteiger partial charge in [-0.15, -0.1) is 0 Å². The zero-order chi connectivity index (χ0) is 17.6. The monoisotopic (exact) mass is 340 g/mol. The lowest BCUT2D eigenvalue weighted by atomic mass is 9.95. The molecule has 1 fully saturated rings. The molecule has 1 aromatic carbocycles. The second-order valence-corrected chi connectivity index (χ2v) is 6.36. The van der Waals surface area contributed by atoms with Gasteiger partial charge in [0.15, 0.2) is 0 Å². The topological polar surface area (TPSA) is 76.1 Å². The Morgan fingerprint density at radius 3 is 2.64 bits per heavy atom. The number of carbonyl (C=O) groups is 1. The lowest BCUT2D eigenvalue weighted by Crippen LogP contribution is -2.23. The average Bonchev–Trinajstić information content (AvgIpc) is 2.61. The number of anilines is 3. The predicted octanol–water partition coefficient (Wildman–Crippen LogP) is 4.06. The van der Waals surface area contributed by atoms with Crippen LogP contribution in [0.4, 0.5) is 17.3 Å². The van der Waals surface area contributed by atoms with Gasteiger partial charge >= 0.3 is 5.97 Å². The summed E-state index contributed by atoms with van der Waals surface area (Å²) in [6.45, 7) is 1.88. The number of hydrogen-bond acceptors (Lipinski definition) is 6. The number of carbonyl (C=O) groups excluding carboxylic acids is 1. The zero-order valence-corrected chi connectivity index (χ0v) is 14.7. The molecular formula is C19H24N4O2. The molecule has 1 aliphatic rings. The van der Waals surface area contributed by atoms with Crippen molar-refractivity contribution in [1.29, 1.82) is 0 Å². The standard InChI is InChI=1S/C19H24N4O2/c1-13-20-17(22-15-8-4-3-5-9-15)12-18(21-13)23-16-10-6-7-14(11-16)19(24)25-2/h6-7,10-12,15H,3-5,8-9H2,1-2H3,(H2,20,21,22,23). The summed E-state index contributed by atoms with van der Waals surface area (Å²) in [5.74, 6) is 1.88. The fourth-order valence-corrected chi connectivity index (χ4v) is 3.15. The number of nitrogens with zero attached hydrogens (tertiary/aromatic N) is 2. The van der Waals surface area contributed by atoms with Gasteiger partial charge in [-0.1, -0.05) is 25.3 Å². The molecular weight excluding hydrogens is 316 g/mol. The Hall–Kier alpha value is -2.63. The van der Waals surface area contributed by atoms with E-state index in [4.69, 9.17) is 4.74 Å². The number of methoxy groups -OCH3 is 1. The van der Waals surface area contributed by atoms with E-state index in [-0.39, 0.29) is 5.97 Å². The van der Waals surface area contributed by atoms with Crippen LogP contribution in [0.15, 0.2) is 30.3 Å². The molecule has 6 nitrogen and oxygen atoms in total. The van der Waals surface area contributed by atoms with Gasteiger partial charge in [0.25, 0.3) is 0 Å². The third-order valence-electron chi connectivity index (χ3n) is 4.35. The largest absolute Gasteiger partial charge is 0.465 e. The molecule has 0 atom stereocenters. The number of aryl methyl sites for hydroxylation is 1. The fraction of sp³-hybridized carbons (Fsp3) is 0.421. The summed E-state index contributed by atoms with van der Waals surface area (Å²) in [4.78, 5) is 20.6. The van der Waals surface area contributed by atoms with Gasteiger partial charge in [-0.25, -0.2) is 14.8 Å². The molecule has 0 aliphatic heterocycles. The highest BCUT2D eigenvalue weighted by Gasteiger charge is 2.14. The third-order valence-corrected chi connectivity index (χ3v) is 4.35. The maximum absolute atomic E-state index is 11.7. The van der Waals surface area contributed by atoms with E-state index in [1.165, 1.54) is 39.2 Å². The van der Waals surface area contributed by atoms with Crippen LogP contribution < -0.4 is 10.6 Å². The highest BCUT2D eigenvalue weighted by molar-refractivity contribution is 5.90. The molecule has 132 valence electrons. The number of hydrogen-bond donors (Lipinski definition) is 2. The Labute approximate surface area is 148 Å². The van der Waals surface area contributed by atoms with Gasteiger partial charge in [0.2, 0.25) is 0 Å². The van der Waals surface area contributed by atoms with Crippen molar-refractivity contribution in [1.82, 2.24) is 9.97 Å². The maximum atomic E-state index is 11.7. The fourth-order valence-electron chi connectivity index (χ4n) is 3.15. The van der Waals surface area contributed by atoms with Gasteiger partial charge in [0.05, 0.1) is 12.7 Å². The van der Waals surface area contributed by atoms with E-state index in [9.17, 15) is 4.79 Å². The second kappa shape index (κ2) is 7.96. The number of aromatic nitrogens is 2. The smallest absolute Gasteiger partial charge is 0.337 e. The average molecular weight is 340 g/mol. The number of benzene rings is 1. The molecule has 2 aromatic rings. The van der Waals surface area contributed by atoms with Gasteiger partial charge in [-0.2, -0.15) is 0 Å². The van der Waals surface area contributed by atoms with Gasteiger partial charge in [0, 0.05) is 17.8 Å². The molecule has 1 saturated carbocycles. The molecule has 0 unspecified atom stereocenters. The number of nitrogens with one attached hydrogen (secondary N) is 2. The normalized spacial score (nSPS) is 14.8. The Bertz CT molecular complexity index is 742. The van der Waals surface area contributed by atoms with Crippen LogP contribution >= 0.6 is 0 Å². The quantitative estimate of drug-likeness (QED) is 0.800. The molecule has 0 amide bonds. The SMILES string of the molecule is COC(=O)c1cccc(Nc2cc(NC3CCCCC3)nc(C)n2)c1. The van der Waals surface area contributed by atoms with Crippen LogP contribution in [0.3, 0.4) is 0 Å². The van der Waals surface area contributed by atoms with Crippen LogP contribution in [-0.4, -0.2) is 29.1 Å². The molecule has 0 bridgehead atoms. The van der Waals surface area contributed by atoms with E-state index in [0.717, 1.165) is 11.5 Å². The van der Waals surface area contributed by atoms with Crippen LogP contribution in [-0.2, 0) is 4.74 Å². The van der Waals surface area contributed by atoms with Crippen molar-refractivity contribution in [2.75, 3.05) is 17.7 Å². The molecule has 0 spiro atoms. The molecule has 3 rings (SSSR count). The van der Waals surface area contributed by atoms with E-state index in [1.807, 2.05) is 25.1 Å². The van der Waals surface area contributed by atoms with Gasteiger partial charge in [0.1, 0.15) is 17.5 Å². The number of esters is 1. The van der Waals surface area contributed by atoms with E-state index in [0.29, 0.717) is 23.2 Å². The molecule has 6 heteroatoms. The first kappa shape index (κ1) is 17.2. The Morgan fingerprint density at radius 2 is 1.88 bits per heavy atom. The van der Waals surface area contributed by atoms with Crippen LogP contribution in [0.2, 0.25) is 0 Å². The van der Waals surface area contributed by atoms with E-state index in [1.54, 1.807) is 12.1 Å². The lowest BCUT2D eigenvalue weighted by molar-refractivity contribution is 0.0601. The molecule has 25 heavy (non-hydrogen) atoms.